The van der Waals surface area contributed by atoms with Crippen molar-refractivity contribution in [3.8, 4) is 22.8 Å². The van der Waals surface area contributed by atoms with Crippen LogP contribution < -0.4 is 9.47 Å². The van der Waals surface area contributed by atoms with Gasteiger partial charge in [-0.25, -0.2) is 0 Å². The van der Waals surface area contributed by atoms with Crippen LogP contribution in [0.15, 0.2) is 36.5 Å². The zero-order chi connectivity index (χ0) is 12.3. The number of pyridine rings is 1. The van der Waals surface area contributed by atoms with E-state index >= 15 is 0 Å². The van der Waals surface area contributed by atoms with Gasteiger partial charge in [0.05, 0.1) is 14.2 Å². The monoisotopic (exact) mass is 247 g/mol. The van der Waals surface area contributed by atoms with Crippen molar-refractivity contribution in [1.29, 1.82) is 0 Å². The van der Waals surface area contributed by atoms with E-state index in [0.717, 1.165) is 15.8 Å². The summed E-state index contributed by atoms with van der Waals surface area (Å²) in [4.78, 5) is 3.15. The van der Waals surface area contributed by atoms with E-state index in [4.69, 9.17) is 21.7 Å². The lowest BCUT2D eigenvalue weighted by Gasteiger charge is -2.09. The Kier molecular flexibility index (Phi) is 3.44. The zero-order valence-electron chi connectivity index (χ0n) is 9.69. The lowest BCUT2D eigenvalue weighted by atomic mass is 10.1. The van der Waals surface area contributed by atoms with E-state index in [0.29, 0.717) is 11.5 Å². The van der Waals surface area contributed by atoms with Crippen LogP contribution in [0.3, 0.4) is 0 Å². The Morgan fingerprint density at radius 2 is 1.76 bits per heavy atom. The van der Waals surface area contributed by atoms with Crippen LogP contribution in [0.1, 0.15) is 0 Å². The molecule has 4 heteroatoms. The summed E-state index contributed by atoms with van der Waals surface area (Å²) in [5.74, 6) is 1.42. The second-order valence-corrected chi connectivity index (χ2v) is 3.98. The molecule has 0 aliphatic heterocycles. The van der Waals surface area contributed by atoms with Crippen molar-refractivity contribution >= 4 is 12.2 Å². The highest BCUT2D eigenvalue weighted by Crippen LogP contribution is 2.31. The standard InChI is InChI=1S/C13H13NO2S/c1-15-12-4-3-9(7-13(12)16-2)11-8-10(17)5-6-14-11/h3-8H,1-2H3,(H,14,17). The van der Waals surface area contributed by atoms with Gasteiger partial charge < -0.3 is 14.5 Å². The minimum absolute atomic E-state index is 0.702. The van der Waals surface area contributed by atoms with Crippen molar-refractivity contribution in [2.75, 3.05) is 14.2 Å². The SMILES string of the molecule is COc1ccc(-c2cc(=S)cc[nH]2)cc1OC. The highest BCUT2D eigenvalue weighted by molar-refractivity contribution is 7.71. The van der Waals surface area contributed by atoms with Gasteiger partial charge >= 0.3 is 0 Å². The number of rotatable bonds is 3. The Hall–Kier alpha value is -1.81. The molecule has 0 unspecified atom stereocenters. The fourth-order valence-corrected chi connectivity index (χ4v) is 1.80. The van der Waals surface area contributed by atoms with Gasteiger partial charge in [-0.3, -0.25) is 0 Å². The number of aromatic nitrogens is 1. The number of H-pyrrole nitrogens is 1. The lowest BCUT2D eigenvalue weighted by molar-refractivity contribution is 0.355. The van der Waals surface area contributed by atoms with Gasteiger partial charge in [0.2, 0.25) is 0 Å². The van der Waals surface area contributed by atoms with Crippen molar-refractivity contribution in [3.63, 3.8) is 0 Å². The Balaban J connectivity index is 2.50. The molecule has 0 aliphatic carbocycles. The molecule has 0 aliphatic rings. The molecule has 0 saturated carbocycles. The zero-order valence-corrected chi connectivity index (χ0v) is 10.5. The van der Waals surface area contributed by atoms with Crippen molar-refractivity contribution < 1.29 is 9.47 Å². The van der Waals surface area contributed by atoms with Crippen LogP contribution in [-0.4, -0.2) is 19.2 Å². The maximum absolute atomic E-state index is 5.26. The van der Waals surface area contributed by atoms with E-state index in [1.165, 1.54) is 0 Å². The summed E-state index contributed by atoms with van der Waals surface area (Å²) in [7, 11) is 3.24. The molecule has 1 aromatic carbocycles. The van der Waals surface area contributed by atoms with Gasteiger partial charge in [-0.05, 0) is 30.3 Å². The first kappa shape index (κ1) is 11.7. The van der Waals surface area contributed by atoms with Crippen molar-refractivity contribution in [1.82, 2.24) is 4.98 Å². The van der Waals surface area contributed by atoms with E-state index in [1.54, 1.807) is 14.2 Å². The molecule has 3 nitrogen and oxygen atoms in total. The van der Waals surface area contributed by atoms with Gasteiger partial charge in [0.25, 0.3) is 0 Å². The molecular weight excluding hydrogens is 234 g/mol. The second-order valence-electron chi connectivity index (χ2n) is 3.51. The van der Waals surface area contributed by atoms with Crippen molar-refractivity contribution in [2.24, 2.45) is 0 Å². The first-order valence-electron chi connectivity index (χ1n) is 5.15. The van der Waals surface area contributed by atoms with E-state index in [9.17, 15) is 0 Å². The molecule has 0 saturated heterocycles. The molecule has 0 atom stereocenters. The Labute approximate surface area is 105 Å². The molecule has 17 heavy (non-hydrogen) atoms. The molecule has 88 valence electrons. The average Bonchev–Trinajstić information content (AvgIpc) is 2.38. The molecule has 0 fully saturated rings. The first-order valence-corrected chi connectivity index (χ1v) is 5.56. The third kappa shape index (κ3) is 2.47. The normalized spacial score (nSPS) is 10.0. The number of aromatic amines is 1. The number of hydrogen-bond acceptors (Lipinski definition) is 3. The molecule has 0 amide bonds. The smallest absolute Gasteiger partial charge is 0.161 e. The number of benzene rings is 1. The summed E-state index contributed by atoms with van der Waals surface area (Å²) in [6, 6.07) is 9.51. The number of nitrogens with one attached hydrogen (secondary N) is 1. The van der Waals surface area contributed by atoms with Crippen LogP contribution in [0.25, 0.3) is 11.3 Å². The van der Waals surface area contributed by atoms with Crippen LogP contribution in [-0.2, 0) is 0 Å². The van der Waals surface area contributed by atoms with E-state index < -0.39 is 0 Å². The summed E-state index contributed by atoms with van der Waals surface area (Å²) in [5.41, 5.74) is 1.97. The number of methoxy groups -OCH3 is 2. The number of ether oxygens (including phenoxy) is 2. The summed E-state index contributed by atoms with van der Waals surface area (Å²) >= 11 is 5.13. The van der Waals surface area contributed by atoms with Gasteiger partial charge in [0.15, 0.2) is 11.5 Å². The van der Waals surface area contributed by atoms with Crippen molar-refractivity contribution in [3.05, 3.63) is 41.0 Å². The summed E-state index contributed by atoms with van der Waals surface area (Å²) < 4.78 is 11.3. The lowest BCUT2D eigenvalue weighted by Crippen LogP contribution is -1.91. The molecule has 0 bridgehead atoms. The predicted molar refractivity (Wildman–Crippen MR) is 70.2 cm³/mol. The largest absolute Gasteiger partial charge is 0.493 e. The van der Waals surface area contributed by atoms with Crippen LogP contribution in [0, 0.1) is 4.51 Å². The maximum Gasteiger partial charge on any atom is 0.161 e. The summed E-state index contributed by atoms with van der Waals surface area (Å²) in [6.45, 7) is 0. The maximum atomic E-state index is 5.26. The van der Waals surface area contributed by atoms with Gasteiger partial charge in [0.1, 0.15) is 0 Å². The highest BCUT2D eigenvalue weighted by Gasteiger charge is 2.05. The van der Waals surface area contributed by atoms with Gasteiger partial charge in [-0.15, -0.1) is 0 Å². The van der Waals surface area contributed by atoms with Crippen LogP contribution in [0.5, 0.6) is 11.5 Å². The third-order valence-corrected chi connectivity index (χ3v) is 2.72. The van der Waals surface area contributed by atoms with E-state index in [-0.39, 0.29) is 0 Å². The Bertz CT molecular complexity index is 578. The molecule has 1 heterocycles. The van der Waals surface area contributed by atoms with Gasteiger partial charge in [-0.2, -0.15) is 0 Å². The fourth-order valence-electron chi connectivity index (χ4n) is 1.62. The molecule has 0 radical (unpaired) electrons. The molecular formula is C13H13NO2S. The minimum atomic E-state index is 0.702. The summed E-state index contributed by atoms with van der Waals surface area (Å²) in [6.07, 6.45) is 1.83. The quantitative estimate of drug-likeness (QED) is 0.844. The predicted octanol–water partition coefficient (Wildman–Crippen LogP) is 3.43. The molecule has 2 rings (SSSR count). The number of hydrogen-bond donors (Lipinski definition) is 1. The van der Waals surface area contributed by atoms with Crippen molar-refractivity contribution in [2.45, 2.75) is 0 Å². The highest BCUT2D eigenvalue weighted by atomic mass is 32.1. The Morgan fingerprint density at radius 1 is 1.00 bits per heavy atom. The molecule has 0 spiro atoms. The van der Waals surface area contributed by atoms with Crippen LogP contribution in [0.2, 0.25) is 0 Å². The molecule has 1 N–H and O–H groups in total. The molecule has 2 aromatic rings. The van der Waals surface area contributed by atoms with Gasteiger partial charge in [-0.1, -0.05) is 12.2 Å². The van der Waals surface area contributed by atoms with E-state index in [1.807, 2.05) is 36.5 Å². The van der Waals surface area contributed by atoms with Crippen LogP contribution in [0.4, 0.5) is 0 Å². The van der Waals surface area contributed by atoms with E-state index in [2.05, 4.69) is 4.98 Å². The van der Waals surface area contributed by atoms with Gasteiger partial charge in [0, 0.05) is 22.0 Å². The van der Waals surface area contributed by atoms with Crippen LogP contribution >= 0.6 is 12.2 Å². The average molecular weight is 247 g/mol. The fraction of sp³-hybridized carbons (Fsp3) is 0.154. The second kappa shape index (κ2) is 5.01. The third-order valence-electron chi connectivity index (χ3n) is 2.47. The first-order chi connectivity index (χ1) is 8.24. The Morgan fingerprint density at radius 3 is 2.41 bits per heavy atom. The minimum Gasteiger partial charge on any atom is -0.493 e. The molecule has 1 aromatic heterocycles. The summed E-state index contributed by atoms with van der Waals surface area (Å²) in [5, 5.41) is 0. The topological polar surface area (TPSA) is 34.2 Å².